The van der Waals surface area contributed by atoms with E-state index in [9.17, 15) is 19.5 Å². The zero-order chi connectivity index (χ0) is 23.4. The van der Waals surface area contributed by atoms with Gasteiger partial charge < -0.3 is 14.8 Å². The monoisotopic (exact) mass is 507 g/mol. The van der Waals surface area contributed by atoms with Crippen LogP contribution in [-0.4, -0.2) is 28.8 Å². The molecular formula is C26H22BrNO5. The first-order valence-electron chi connectivity index (χ1n) is 10.6. The fraction of sp³-hybridized carbons (Fsp3) is 0.192. The smallest absolute Gasteiger partial charge is 0.326 e. The van der Waals surface area contributed by atoms with E-state index in [1.54, 1.807) is 18.2 Å². The molecule has 0 aliphatic carbocycles. The summed E-state index contributed by atoms with van der Waals surface area (Å²) in [5.74, 6) is -1.98. The highest BCUT2D eigenvalue weighted by Gasteiger charge is 2.24. The molecule has 7 heteroatoms. The number of Topliss-reactive ketones (excluding diaryl/α,β-unsaturated/α-hetero) is 1. The number of hydrogen-bond donors (Lipinski definition) is 2. The van der Waals surface area contributed by atoms with Crippen molar-refractivity contribution in [2.45, 2.75) is 31.7 Å². The van der Waals surface area contributed by atoms with Gasteiger partial charge in [-0.15, -0.1) is 0 Å². The van der Waals surface area contributed by atoms with E-state index in [1.807, 2.05) is 48.5 Å². The quantitative estimate of drug-likeness (QED) is 0.291. The predicted octanol–water partition coefficient (Wildman–Crippen LogP) is 5.51. The molecule has 0 fully saturated rings. The fourth-order valence-electron chi connectivity index (χ4n) is 3.77. The molecule has 33 heavy (non-hydrogen) atoms. The van der Waals surface area contributed by atoms with Crippen LogP contribution in [0.5, 0.6) is 0 Å². The third-order valence-electron chi connectivity index (χ3n) is 5.50. The Kier molecular flexibility index (Phi) is 6.89. The molecule has 6 nitrogen and oxygen atoms in total. The largest absolute Gasteiger partial charge is 0.480 e. The van der Waals surface area contributed by atoms with Crippen molar-refractivity contribution in [2.24, 2.45) is 0 Å². The van der Waals surface area contributed by atoms with Crippen LogP contribution in [0.2, 0.25) is 0 Å². The summed E-state index contributed by atoms with van der Waals surface area (Å²) in [6.07, 6.45) is 1.14. The van der Waals surface area contributed by atoms with Gasteiger partial charge in [0.2, 0.25) is 5.91 Å². The Morgan fingerprint density at radius 1 is 0.939 bits per heavy atom. The van der Waals surface area contributed by atoms with Crippen molar-refractivity contribution < 1.29 is 23.9 Å². The maximum absolute atomic E-state index is 12.8. The maximum Gasteiger partial charge on any atom is 0.326 e. The van der Waals surface area contributed by atoms with Crippen molar-refractivity contribution in [1.82, 2.24) is 5.32 Å². The Morgan fingerprint density at radius 2 is 1.67 bits per heavy atom. The molecule has 0 spiro atoms. The Labute approximate surface area is 198 Å². The highest BCUT2D eigenvalue weighted by Crippen LogP contribution is 2.29. The number of rotatable bonds is 9. The maximum atomic E-state index is 12.8. The molecule has 0 aliphatic heterocycles. The lowest BCUT2D eigenvalue weighted by molar-refractivity contribution is -0.141. The van der Waals surface area contributed by atoms with Gasteiger partial charge in [0.15, 0.2) is 5.78 Å². The first kappa shape index (κ1) is 22.7. The van der Waals surface area contributed by atoms with Gasteiger partial charge in [-0.05, 0) is 54.8 Å². The van der Waals surface area contributed by atoms with E-state index >= 15 is 0 Å². The molecule has 0 aliphatic rings. The summed E-state index contributed by atoms with van der Waals surface area (Å²) in [6.45, 7) is 0. The number of benzene rings is 3. The van der Waals surface area contributed by atoms with Crippen molar-refractivity contribution in [1.29, 1.82) is 0 Å². The third kappa shape index (κ3) is 5.49. The Balaban J connectivity index is 1.38. The van der Waals surface area contributed by atoms with Crippen LogP contribution in [0.4, 0.5) is 0 Å². The number of para-hydroxylation sites is 1. The third-order valence-corrected chi connectivity index (χ3v) is 6.03. The number of furan rings is 1. The minimum Gasteiger partial charge on any atom is -0.480 e. The summed E-state index contributed by atoms with van der Waals surface area (Å²) >= 11 is 3.38. The van der Waals surface area contributed by atoms with Crippen molar-refractivity contribution in [3.63, 3.8) is 0 Å². The molecule has 1 unspecified atom stereocenters. The van der Waals surface area contributed by atoms with E-state index in [1.165, 1.54) is 0 Å². The molecule has 3 aromatic carbocycles. The van der Waals surface area contributed by atoms with Gasteiger partial charge in [-0.25, -0.2) is 4.79 Å². The number of carboxylic acids is 1. The van der Waals surface area contributed by atoms with Crippen LogP contribution >= 0.6 is 15.9 Å². The zero-order valence-corrected chi connectivity index (χ0v) is 19.3. The van der Waals surface area contributed by atoms with Crippen LogP contribution in [0.1, 0.15) is 35.2 Å². The summed E-state index contributed by atoms with van der Waals surface area (Å²) in [6, 6.07) is 19.1. The van der Waals surface area contributed by atoms with Crippen molar-refractivity contribution in [3.8, 4) is 0 Å². The van der Waals surface area contributed by atoms with Gasteiger partial charge >= 0.3 is 5.97 Å². The average Bonchev–Trinajstić information content (AvgIpc) is 3.17. The number of fused-ring (bicyclic) bond motifs is 3. The lowest BCUT2D eigenvalue weighted by atomic mass is 10.0. The second kappa shape index (κ2) is 10.0. The number of halogens is 1. The van der Waals surface area contributed by atoms with E-state index in [4.69, 9.17) is 4.42 Å². The molecule has 0 saturated heterocycles. The highest BCUT2D eigenvalue weighted by atomic mass is 79.9. The number of aliphatic carboxylic acids is 1. The van der Waals surface area contributed by atoms with Gasteiger partial charge in [-0.3, -0.25) is 9.59 Å². The van der Waals surface area contributed by atoms with E-state index in [0.29, 0.717) is 24.0 Å². The average molecular weight is 508 g/mol. The molecule has 1 aromatic heterocycles. The molecular weight excluding hydrogens is 486 g/mol. The molecule has 1 heterocycles. The number of carboxylic acid groups (broad SMARTS) is 1. The standard InChI is InChI=1S/C26H22BrNO5/c27-18-11-8-16(9-12-18)4-3-7-25(30)28-21(26(31)32)15-22(29)17-10-13-24-20(14-17)19-5-1-2-6-23(19)33-24/h1-2,5-6,8-14,21H,3-4,7,15H2,(H,28,30)(H,31,32). The minimum atomic E-state index is -1.28. The second-order valence-electron chi connectivity index (χ2n) is 7.87. The Hall–Kier alpha value is -3.45. The first-order valence-corrected chi connectivity index (χ1v) is 11.4. The molecule has 0 radical (unpaired) electrons. The zero-order valence-electron chi connectivity index (χ0n) is 17.7. The lowest BCUT2D eigenvalue weighted by Crippen LogP contribution is -2.42. The van der Waals surface area contributed by atoms with Crippen LogP contribution in [-0.2, 0) is 16.0 Å². The number of hydrogen-bond acceptors (Lipinski definition) is 4. The number of aryl methyl sites for hydroxylation is 1. The number of nitrogens with one attached hydrogen (secondary N) is 1. The number of amides is 1. The molecule has 4 aromatic rings. The van der Waals surface area contributed by atoms with Gasteiger partial charge in [-0.2, -0.15) is 0 Å². The summed E-state index contributed by atoms with van der Waals surface area (Å²) in [5.41, 5.74) is 2.85. The molecule has 168 valence electrons. The van der Waals surface area contributed by atoms with Gasteiger partial charge in [0, 0.05) is 33.7 Å². The van der Waals surface area contributed by atoms with Crippen molar-refractivity contribution >= 4 is 55.5 Å². The SMILES string of the molecule is O=C(CCCc1ccc(Br)cc1)NC(CC(=O)c1ccc2oc3ccccc3c2c1)C(=O)O. The highest BCUT2D eigenvalue weighted by molar-refractivity contribution is 9.10. The summed E-state index contributed by atoms with van der Waals surface area (Å²) in [4.78, 5) is 36.8. The molecule has 1 atom stereocenters. The van der Waals surface area contributed by atoms with Crippen LogP contribution in [0.25, 0.3) is 21.9 Å². The van der Waals surface area contributed by atoms with Crippen LogP contribution in [0, 0.1) is 0 Å². The van der Waals surface area contributed by atoms with E-state index in [0.717, 1.165) is 26.4 Å². The Bertz CT molecular complexity index is 1330. The predicted molar refractivity (Wildman–Crippen MR) is 129 cm³/mol. The van der Waals surface area contributed by atoms with Gasteiger partial charge in [0.05, 0.1) is 0 Å². The minimum absolute atomic E-state index is 0.182. The first-order chi connectivity index (χ1) is 15.9. The summed E-state index contributed by atoms with van der Waals surface area (Å²) in [7, 11) is 0. The molecule has 1 amide bonds. The Morgan fingerprint density at radius 3 is 2.42 bits per heavy atom. The van der Waals surface area contributed by atoms with Crippen LogP contribution < -0.4 is 5.32 Å². The lowest BCUT2D eigenvalue weighted by Gasteiger charge is -2.14. The number of carbonyl (C=O) groups is 3. The van der Waals surface area contributed by atoms with Gasteiger partial charge in [0.25, 0.3) is 0 Å². The summed E-state index contributed by atoms with van der Waals surface area (Å²) in [5, 5.41) is 13.7. The van der Waals surface area contributed by atoms with Crippen molar-refractivity contribution in [3.05, 3.63) is 82.3 Å². The fourth-order valence-corrected chi connectivity index (χ4v) is 4.04. The van der Waals surface area contributed by atoms with E-state index in [-0.39, 0.29) is 24.5 Å². The topological polar surface area (TPSA) is 96.6 Å². The van der Waals surface area contributed by atoms with E-state index in [2.05, 4.69) is 21.2 Å². The molecule has 0 saturated carbocycles. The number of ketones is 1. The van der Waals surface area contributed by atoms with E-state index < -0.39 is 12.0 Å². The molecule has 0 bridgehead atoms. The molecule has 4 rings (SSSR count). The number of carbonyl (C=O) groups excluding carboxylic acids is 2. The van der Waals surface area contributed by atoms with Gasteiger partial charge in [0.1, 0.15) is 17.2 Å². The van der Waals surface area contributed by atoms with Gasteiger partial charge in [-0.1, -0.05) is 46.3 Å². The van der Waals surface area contributed by atoms with Crippen molar-refractivity contribution in [2.75, 3.05) is 0 Å². The van der Waals surface area contributed by atoms with Crippen LogP contribution in [0.3, 0.4) is 0 Å². The second-order valence-corrected chi connectivity index (χ2v) is 8.79. The summed E-state index contributed by atoms with van der Waals surface area (Å²) < 4.78 is 6.75. The van der Waals surface area contributed by atoms with Crippen LogP contribution in [0.15, 0.2) is 75.6 Å². The molecule has 2 N–H and O–H groups in total. The normalized spacial score (nSPS) is 12.0.